The molecule has 2 aliphatic rings. The van der Waals surface area contributed by atoms with E-state index in [0.29, 0.717) is 0 Å². The summed E-state index contributed by atoms with van der Waals surface area (Å²) in [4.78, 5) is 0. The van der Waals surface area contributed by atoms with Crippen LogP contribution in [0.2, 0.25) is 0 Å². The van der Waals surface area contributed by atoms with Gasteiger partial charge in [0.25, 0.3) is 0 Å². The van der Waals surface area contributed by atoms with Gasteiger partial charge in [0.2, 0.25) is 0 Å². The van der Waals surface area contributed by atoms with Crippen molar-refractivity contribution in [3.63, 3.8) is 0 Å². The molecule has 5 aromatic rings. The predicted octanol–water partition coefficient (Wildman–Crippen LogP) is 5.73. The van der Waals surface area contributed by atoms with Gasteiger partial charge < -0.3 is 53.2 Å². The lowest BCUT2D eigenvalue weighted by Crippen LogP contribution is -2.66. The highest BCUT2D eigenvalue weighted by atomic mass is 16.7. The Morgan fingerprint density at radius 1 is 0.414 bits per heavy atom. The third-order valence-corrected chi connectivity index (χ3v) is 10.2. The lowest BCUT2D eigenvalue weighted by molar-refractivity contribution is -0.370. The minimum absolute atomic E-state index is 0.00424. The molecule has 306 valence electrons. The van der Waals surface area contributed by atoms with Gasteiger partial charge in [0.05, 0.1) is 46.2 Å². The molecule has 0 radical (unpaired) electrons. The third-order valence-electron chi connectivity index (χ3n) is 10.2. The molecule has 3 N–H and O–H groups in total. The van der Waals surface area contributed by atoms with Gasteiger partial charge in [-0.05, 0) is 27.8 Å². The molecule has 11 nitrogen and oxygen atoms in total. The maximum absolute atomic E-state index is 12.1. The van der Waals surface area contributed by atoms with Gasteiger partial charge in [0, 0.05) is 0 Å². The van der Waals surface area contributed by atoms with E-state index in [4.69, 9.17) is 37.9 Å². The van der Waals surface area contributed by atoms with Gasteiger partial charge in [0.1, 0.15) is 48.8 Å². The molecular formula is C47H52O11. The normalized spacial score (nSPS) is 27.3. The van der Waals surface area contributed by atoms with Crippen molar-refractivity contribution in [1.82, 2.24) is 0 Å². The van der Waals surface area contributed by atoms with Crippen molar-refractivity contribution in [1.29, 1.82) is 0 Å². The van der Waals surface area contributed by atoms with Crippen LogP contribution in [0.5, 0.6) is 0 Å². The van der Waals surface area contributed by atoms with E-state index in [9.17, 15) is 15.3 Å². The zero-order valence-corrected chi connectivity index (χ0v) is 32.3. The Hall–Kier alpha value is -4.34. The van der Waals surface area contributed by atoms with Gasteiger partial charge in [-0.15, -0.1) is 0 Å². The fraction of sp³-hybridized carbons (Fsp3) is 0.362. The molecular weight excluding hydrogens is 741 g/mol. The van der Waals surface area contributed by atoms with Gasteiger partial charge in [-0.2, -0.15) is 0 Å². The molecule has 11 heteroatoms. The molecule has 58 heavy (non-hydrogen) atoms. The average molecular weight is 793 g/mol. The smallest absolute Gasteiger partial charge is 0.187 e. The number of hydrogen-bond acceptors (Lipinski definition) is 11. The molecule has 2 heterocycles. The van der Waals surface area contributed by atoms with Crippen LogP contribution < -0.4 is 0 Å². The Labute approximate surface area is 339 Å². The summed E-state index contributed by atoms with van der Waals surface area (Å²) in [5.74, 6) is 0. The van der Waals surface area contributed by atoms with Crippen LogP contribution in [-0.4, -0.2) is 89.9 Å². The Morgan fingerprint density at radius 3 is 1.26 bits per heavy atom. The Kier molecular flexibility index (Phi) is 15.6. The van der Waals surface area contributed by atoms with Crippen molar-refractivity contribution in [2.45, 2.75) is 94.4 Å². The van der Waals surface area contributed by atoms with Crippen LogP contribution in [0.4, 0.5) is 0 Å². The molecule has 2 fully saturated rings. The summed E-state index contributed by atoms with van der Waals surface area (Å²) in [5, 5.41) is 34.3. The monoisotopic (exact) mass is 792 g/mol. The number of hydrogen-bond donors (Lipinski definition) is 3. The molecule has 0 aliphatic carbocycles. The van der Waals surface area contributed by atoms with Crippen molar-refractivity contribution in [2.75, 3.05) is 13.2 Å². The SMILES string of the molecule is OC[C@H]1O[C@@H](O[C@H]2[C@H](OCc3ccccc3)[C@@H](OCc3ccccc3)[C@H](O)O[C@@H]2COCc2ccccc2)[C@H](OCc2ccccc2)[C@@H](O)[C@H]1OCc1ccccc1. The quantitative estimate of drug-likeness (QED) is 0.0948. The van der Waals surface area contributed by atoms with E-state index in [0.717, 1.165) is 27.8 Å². The van der Waals surface area contributed by atoms with Gasteiger partial charge in [-0.3, -0.25) is 0 Å². The molecule has 5 aromatic carbocycles. The zero-order chi connectivity index (χ0) is 39.9. The van der Waals surface area contributed by atoms with Crippen molar-refractivity contribution < 1.29 is 53.2 Å². The highest BCUT2D eigenvalue weighted by molar-refractivity contribution is 5.17. The van der Waals surface area contributed by atoms with Crippen LogP contribution in [0.25, 0.3) is 0 Å². The summed E-state index contributed by atoms with van der Waals surface area (Å²) in [6.07, 6.45) is -10.9. The van der Waals surface area contributed by atoms with Crippen molar-refractivity contribution >= 4 is 0 Å². The molecule has 0 unspecified atom stereocenters. The highest BCUT2D eigenvalue weighted by Gasteiger charge is 2.53. The second-order valence-corrected chi connectivity index (χ2v) is 14.4. The zero-order valence-electron chi connectivity index (χ0n) is 32.3. The molecule has 2 saturated heterocycles. The third kappa shape index (κ3) is 11.4. The van der Waals surface area contributed by atoms with E-state index in [-0.39, 0.29) is 39.6 Å². The fourth-order valence-corrected chi connectivity index (χ4v) is 7.18. The van der Waals surface area contributed by atoms with Gasteiger partial charge in [0.15, 0.2) is 12.6 Å². The van der Waals surface area contributed by atoms with Crippen LogP contribution in [0, 0.1) is 0 Å². The lowest BCUT2D eigenvalue weighted by Gasteiger charge is -2.48. The molecule has 0 spiro atoms. The largest absolute Gasteiger partial charge is 0.394 e. The summed E-state index contributed by atoms with van der Waals surface area (Å²) in [6, 6.07) is 48.1. The molecule has 0 amide bonds. The maximum Gasteiger partial charge on any atom is 0.187 e. The first-order valence-electron chi connectivity index (χ1n) is 19.7. The number of rotatable bonds is 19. The Morgan fingerprint density at radius 2 is 0.810 bits per heavy atom. The van der Waals surface area contributed by atoms with Crippen LogP contribution >= 0.6 is 0 Å². The highest BCUT2D eigenvalue weighted by Crippen LogP contribution is 2.35. The van der Waals surface area contributed by atoms with E-state index >= 15 is 0 Å². The van der Waals surface area contributed by atoms with E-state index in [1.807, 2.05) is 152 Å². The number of benzene rings is 5. The average Bonchev–Trinajstić information content (AvgIpc) is 3.27. The minimum atomic E-state index is -1.42. The van der Waals surface area contributed by atoms with Gasteiger partial charge in [-0.1, -0.05) is 152 Å². The van der Waals surface area contributed by atoms with E-state index in [1.165, 1.54) is 0 Å². The Bertz CT molecular complexity index is 1870. The maximum atomic E-state index is 12.1. The Balaban J connectivity index is 1.19. The van der Waals surface area contributed by atoms with Crippen molar-refractivity contribution in [3.8, 4) is 0 Å². The van der Waals surface area contributed by atoms with Gasteiger partial charge in [-0.25, -0.2) is 0 Å². The van der Waals surface area contributed by atoms with E-state index in [2.05, 4.69) is 0 Å². The standard InChI is InChI=1S/C47H52O11/c48-26-38-41(52-28-34-18-8-2-9-19-34)40(49)43(53-29-35-20-10-3-11-21-35)47(57-38)58-42-39(32-51-27-33-16-6-1-7-17-33)56-46(50)45(55-31-37-24-14-5-15-25-37)44(42)54-30-36-22-12-4-13-23-36/h1-25,38-50H,26-32H2/t38-,39-,40+,41+,42-,43-,44+,45-,46-,47+/m1/s1. The summed E-state index contributed by atoms with van der Waals surface area (Å²) < 4.78 is 51.6. The molecule has 0 aromatic heterocycles. The molecule has 7 rings (SSSR count). The fourth-order valence-electron chi connectivity index (χ4n) is 7.18. The lowest BCUT2D eigenvalue weighted by atomic mass is 9.96. The molecule has 2 aliphatic heterocycles. The predicted molar refractivity (Wildman–Crippen MR) is 214 cm³/mol. The second kappa shape index (κ2) is 21.6. The van der Waals surface area contributed by atoms with Crippen LogP contribution in [0.15, 0.2) is 152 Å². The first kappa shape index (κ1) is 41.8. The number of aliphatic hydroxyl groups excluding tert-OH is 3. The summed E-state index contributed by atoms with van der Waals surface area (Å²) >= 11 is 0. The molecule has 0 bridgehead atoms. The first-order valence-corrected chi connectivity index (χ1v) is 19.7. The van der Waals surface area contributed by atoms with Crippen molar-refractivity contribution in [2.24, 2.45) is 0 Å². The molecule has 0 saturated carbocycles. The minimum Gasteiger partial charge on any atom is -0.394 e. The van der Waals surface area contributed by atoms with Crippen LogP contribution in [-0.2, 0) is 70.9 Å². The second-order valence-electron chi connectivity index (χ2n) is 14.4. The number of aliphatic hydroxyl groups is 3. The first-order chi connectivity index (χ1) is 28.6. The summed E-state index contributed by atoms with van der Waals surface area (Å²) in [7, 11) is 0. The van der Waals surface area contributed by atoms with Crippen LogP contribution in [0.3, 0.4) is 0 Å². The summed E-state index contributed by atoms with van der Waals surface area (Å²) in [5.41, 5.74) is 4.51. The number of ether oxygens (including phenoxy) is 8. The topological polar surface area (TPSA) is 135 Å². The van der Waals surface area contributed by atoms with Crippen LogP contribution in [0.1, 0.15) is 27.8 Å². The van der Waals surface area contributed by atoms with E-state index in [1.54, 1.807) is 0 Å². The summed E-state index contributed by atoms with van der Waals surface area (Å²) in [6.45, 7) is 0.435. The van der Waals surface area contributed by atoms with Crippen molar-refractivity contribution in [3.05, 3.63) is 179 Å². The van der Waals surface area contributed by atoms with Gasteiger partial charge >= 0.3 is 0 Å². The van der Waals surface area contributed by atoms with E-state index < -0.39 is 68.0 Å². The molecule has 10 atom stereocenters.